The first-order valence-electron chi connectivity index (χ1n) is 6.41. The molecule has 1 atom stereocenters. The van der Waals surface area contributed by atoms with Crippen molar-refractivity contribution >= 4 is 33.2 Å². The summed E-state index contributed by atoms with van der Waals surface area (Å²) in [6.07, 6.45) is 0.737. The number of benzene rings is 1. The van der Waals surface area contributed by atoms with E-state index in [4.69, 9.17) is 0 Å². The summed E-state index contributed by atoms with van der Waals surface area (Å²) in [5.41, 5.74) is 0.679. The summed E-state index contributed by atoms with van der Waals surface area (Å²) in [6, 6.07) is 4.50. The van der Waals surface area contributed by atoms with E-state index in [0.29, 0.717) is 16.7 Å². The molecule has 2 rings (SSSR count). The number of nitro benzene ring substituents is 1. The topological polar surface area (TPSA) is 75.5 Å². The van der Waals surface area contributed by atoms with Gasteiger partial charge in [-0.2, -0.15) is 0 Å². The van der Waals surface area contributed by atoms with Crippen molar-refractivity contribution in [3.8, 4) is 0 Å². The SMILES string of the molecule is CC(C)NC1CCN(c2ccc([N+](=O)[O-])cc2Br)C1=O. The number of amides is 1. The molecule has 0 aromatic heterocycles. The number of halogens is 1. The van der Waals surface area contributed by atoms with E-state index < -0.39 is 4.92 Å². The number of non-ortho nitro benzene ring substituents is 1. The van der Waals surface area contributed by atoms with Crippen LogP contribution in [0.5, 0.6) is 0 Å². The second-order valence-electron chi connectivity index (χ2n) is 5.05. The van der Waals surface area contributed by atoms with Gasteiger partial charge in [-0.05, 0) is 28.4 Å². The Bertz CT molecular complexity index is 548. The smallest absolute Gasteiger partial charge is 0.270 e. The Kier molecular flexibility index (Phi) is 4.39. The van der Waals surface area contributed by atoms with Gasteiger partial charge in [0.1, 0.15) is 0 Å². The minimum atomic E-state index is -0.455. The highest BCUT2D eigenvalue weighted by Crippen LogP contribution is 2.32. The van der Waals surface area contributed by atoms with E-state index in [1.807, 2.05) is 13.8 Å². The van der Waals surface area contributed by atoms with Crippen molar-refractivity contribution in [2.45, 2.75) is 32.4 Å². The van der Waals surface area contributed by atoms with Gasteiger partial charge in [0.05, 0.1) is 16.7 Å². The molecule has 1 aromatic carbocycles. The number of hydrogen-bond donors (Lipinski definition) is 1. The van der Waals surface area contributed by atoms with Crippen LogP contribution in [0.25, 0.3) is 0 Å². The zero-order valence-corrected chi connectivity index (χ0v) is 12.9. The van der Waals surface area contributed by atoms with Crippen molar-refractivity contribution in [3.05, 3.63) is 32.8 Å². The second kappa shape index (κ2) is 5.88. The third-order valence-electron chi connectivity index (χ3n) is 3.17. The number of nitrogens with one attached hydrogen (secondary N) is 1. The third kappa shape index (κ3) is 2.99. The van der Waals surface area contributed by atoms with Crippen molar-refractivity contribution in [2.75, 3.05) is 11.4 Å². The van der Waals surface area contributed by atoms with Crippen molar-refractivity contribution in [3.63, 3.8) is 0 Å². The fourth-order valence-corrected chi connectivity index (χ4v) is 2.89. The van der Waals surface area contributed by atoms with Crippen molar-refractivity contribution in [1.29, 1.82) is 0 Å². The zero-order valence-electron chi connectivity index (χ0n) is 11.3. The maximum absolute atomic E-state index is 12.3. The Morgan fingerprint density at radius 1 is 1.50 bits per heavy atom. The Morgan fingerprint density at radius 3 is 2.75 bits per heavy atom. The van der Waals surface area contributed by atoms with E-state index in [2.05, 4.69) is 21.2 Å². The molecule has 1 aliphatic rings. The lowest BCUT2D eigenvalue weighted by atomic mass is 10.2. The molecular formula is C13H16BrN3O3. The Hall–Kier alpha value is -1.47. The molecule has 20 heavy (non-hydrogen) atoms. The highest BCUT2D eigenvalue weighted by Gasteiger charge is 2.33. The van der Waals surface area contributed by atoms with Crippen molar-refractivity contribution in [2.24, 2.45) is 0 Å². The number of hydrogen-bond acceptors (Lipinski definition) is 4. The molecule has 0 bridgehead atoms. The maximum atomic E-state index is 12.3. The third-order valence-corrected chi connectivity index (χ3v) is 3.81. The van der Waals surface area contributed by atoms with Gasteiger partial charge in [0.2, 0.25) is 5.91 Å². The van der Waals surface area contributed by atoms with Crippen LogP contribution >= 0.6 is 15.9 Å². The number of nitro groups is 1. The number of carbonyl (C=O) groups excluding carboxylic acids is 1. The molecule has 1 unspecified atom stereocenters. The predicted octanol–water partition coefficient (Wildman–Crippen LogP) is 2.46. The fourth-order valence-electron chi connectivity index (χ4n) is 2.30. The van der Waals surface area contributed by atoms with E-state index in [0.717, 1.165) is 6.42 Å². The van der Waals surface area contributed by atoms with E-state index in [9.17, 15) is 14.9 Å². The molecule has 1 heterocycles. The Morgan fingerprint density at radius 2 is 2.20 bits per heavy atom. The molecule has 1 aliphatic heterocycles. The van der Waals surface area contributed by atoms with E-state index in [1.54, 1.807) is 11.0 Å². The minimum absolute atomic E-state index is 0.00382. The summed E-state index contributed by atoms with van der Waals surface area (Å²) in [5, 5.41) is 13.9. The Balaban J connectivity index is 2.21. The van der Waals surface area contributed by atoms with Gasteiger partial charge in [-0.3, -0.25) is 14.9 Å². The number of nitrogens with zero attached hydrogens (tertiary/aromatic N) is 2. The first-order chi connectivity index (χ1) is 9.40. The van der Waals surface area contributed by atoms with Crippen molar-refractivity contribution < 1.29 is 9.72 Å². The molecular weight excluding hydrogens is 326 g/mol. The van der Waals surface area contributed by atoms with Gasteiger partial charge in [0.25, 0.3) is 5.69 Å². The summed E-state index contributed by atoms with van der Waals surface area (Å²) in [4.78, 5) is 24.2. The Labute approximate surface area is 125 Å². The standard InChI is InChI=1S/C13H16BrN3O3/c1-8(2)15-11-5-6-16(13(11)18)12-4-3-9(17(19)20)7-10(12)14/h3-4,7-8,11,15H,5-6H2,1-2H3. The van der Waals surface area contributed by atoms with Crippen LogP contribution in [0.3, 0.4) is 0 Å². The summed E-state index contributed by atoms with van der Waals surface area (Å²) >= 11 is 3.30. The van der Waals surface area contributed by atoms with Gasteiger partial charge in [-0.15, -0.1) is 0 Å². The maximum Gasteiger partial charge on any atom is 0.270 e. The van der Waals surface area contributed by atoms with Gasteiger partial charge in [-0.1, -0.05) is 13.8 Å². The fraction of sp³-hybridized carbons (Fsp3) is 0.462. The minimum Gasteiger partial charge on any atom is -0.310 e. The summed E-state index contributed by atoms with van der Waals surface area (Å²) in [6.45, 7) is 4.61. The van der Waals surface area contributed by atoms with Crippen LogP contribution in [0.2, 0.25) is 0 Å². The van der Waals surface area contributed by atoms with Gasteiger partial charge in [0, 0.05) is 29.2 Å². The normalized spacial score (nSPS) is 18.9. The first kappa shape index (κ1) is 14.9. The molecule has 1 N–H and O–H groups in total. The van der Waals surface area contributed by atoms with Crippen LogP contribution in [0.4, 0.5) is 11.4 Å². The van der Waals surface area contributed by atoms with Crippen LogP contribution in [0.15, 0.2) is 22.7 Å². The quantitative estimate of drug-likeness (QED) is 0.674. The summed E-state index contributed by atoms with van der Waals surface area (Å²) in [5.74, 6) is 0.00764. The lowest BCUT2D eigenvalue weighted by molar-refractivity contribution is -0.384. The van der Waals surface area contributed by atoms with Crippen LogP contribution in [0.1, 0.15) is 20.3 Å². The molecule has 0 spiro atoms. The first-order valence-corrected chi connectivity index (χ1v) is 7.21. The summed E-state index contributed by atoms with van der Waals surface area (Å²) < 4.78 is 0.560. The molecule has 6 nitrogen and oxygen atoms in total. The second-order valence-corrected chi connectivity index (χ2v) is 5.90. The average Bonchev–Trinajstić information content (AvgIpc) is 2.70. The highest BCUT2D eigenvalue weighted by molar-refractivity contribution is 9.10. The molecule has 108 valence electrons. The summed E-state index contributed by atoms with van der Waals surface area (Å²) in [7, 11) is 0. The highest BCUT2D eigenvalue weighted by atomic mass is 79.9. The van der Waals surface area contributed by atoms with E-state index in [1.165, 1.54) is 12.1 Å². The molecule has 0 saturated carbocycles. The van der Waals surface area contributed by atoms with E-state index in [-0.39, 0.29) is 23.7 Å². The average molecular weight is 342 g/mol. The van der Waals surface area contributed by atoms with Crippen molar-refractivity contribution in [1.82, 2.24) is 5.32 Å². The van der Waals surface area contributed by atoms with Crippen LogP contribution in [0, 0.1) is 10.1 Å². The molecule has 0 radical (unpaired) electrons. The molecule has 1 saturated heterocycles. The van der Waals surface area contributed by atoms with Gasteiger partial charge >= 0.3 is 0 Å². The van der Waals surface area contributed by atoms with Crippen LogP contribution < -0.4 is 10.2 Å². The predicted molar refractivity (Wildman–Crippen MR) is 79.8 cm³/mol. The molecule has 1 amide bonds. The number of anilines is 1. The van der Waals surface area contributed by atoms with Crippen LogP contribution in [-0.2, 0) is 4.79 Å². The number of rotatable bonds is 4. The zero-order chi connectivity index (χ0) is 14.9. The lowest BCUT2D eigenvalue weighted by Crippen LogP contribution is -2.41. The molecule has 0 aliphatic carbocycles. The van der Waals surface area contributed by atoms with Gasteiger partial charge in [-0.25, -0.2) is 0 Å². The van der Waals surface area contributed by atoms with Gasteiger partial charge in [0.15, 0.2) is 0 Å². The molecule has 1 fully saturated rings. The van der Waals surface area contributed by atoms with Crippen LogP contribution in [-0.4, -0.2) is 29.5 Å². The molecule has 1 aromatic rings. The van der Waals surface area contributed by atoms with Gasteiger partial charge < -0.3 is 10.2 Å². The van der Waals surface area contributed by atoms with E-state index >= 15 is 0 Å². The lowest BCUT2D eigenvalue weighted by Gasteiger charge is -2.19. The molecule has 7 heteroatoms. The monoisotopic (exact) mass is 341 g/mol. The largest absolute Gasteiger partial charge is 0.310 e. The number of carbonyl (C=O) groups is 1.